The minimum Gasteiger partial charge on any atom is -0.463 e. The van der Waals surface area contributed by atoms with Gasteiger partial charge in [-0.25, -0.2) is 9.59 Å². The van der Waals surface area contributed by atoms with Crippen molar-refractivity contribution < 1.29 is 14.3 Å². The molecule has 2 heterocycles. The van der Waals surface area contributed by atoms with Gasteiger partial charge in [-0.05, 0) is 56.5 Å². The Balaban J connectivity index is 2.00. The SMILES string of the molecule is CCOC(=O)C1=C(CN2CCC(C)CC2)N(C)C(=O)N[C@H]1c1ccc(Cl)cc1. The summed E-state index contributed by atoms with van der Waals surface area (Å²) >= 11 is 6.01. The Labute approximate surface area is 171 Å². The van der Waals surface area contributed by atoms with Crippen LogP contribution in [-0.4, -0.2) is 55.1 Å². The summed E-state index contributed by atoms with van der Waals surface area (Å²) in [5.74, 6) is 0.318. The quantitative estimate of drug-likeness (QED) is 0.760. The highest BCUT2D eigenvalue weighted by atomic mass is 35.5. The van der Waals surface area contributed by atoms with Gasteiger partial charge in [0.05, 0.1) is 18.2 Å². The number of nitrogens with one attached hydrogen (secondary N) is 1. The normalized spacial score (nSPS) is 21.6. The number of urea groups is 1. The molecule has 1 aromatic rings. The molecule has 0 unspecified atom stereocenters. The predicted molar refractivity (Wildman–Crippen MR) is 109 cm³/mol. The second-order valence-corrected chi connectivity index (χ2v) is 7.97. The molecule has 2 amide bonds. The van der Waals surface area contributed by atoms with Crippen molar-refractivity contribution in [3.8, 4) is 0 Å². The van der Waals surface area contributed by atoms with E-state index in [4.69, 9.17) is 16.3 Å². The largest absolute Gasteiger partial charge is 0.463 e. The fourth-order valence-electron chi connectivity index (χ4n) is 3.74. The third-order valence-corrected chi connectivity index (χ3v) is 5.78. The molecule has 0 saturated carbocycles. The second-order valence-electron chi connectivity index (χ2n) is 7.53. The molecule has 2 aliphatic rings. The molecule has 1 saturated heterocycles. The number of carbonyl (C=O) groups excluding carboxylic acids is 2. The van der Waals surface area contributed by atoms with Gasteiger partial charge in [0.15, 0.2) is 0 Å². The fraction of sp³-hybridized carbons (Fsp3) is 0.524. The minimum atomic E-state index is -0.557. The fourth-order valence-corrected chi connectivity index (χ4v) is 3.86. The van der Waals surface area contributed by atoms with Crippen molar-refractivity contribution >= 4 is 23.6 Å². The zero-order chi connectivity index (χ0) is 20.3. The molecule has 3 rings (SSSR count). The van der Waals surface area contributed by atoms with E-state index in [2.05, 4.69) is 17.1 Å². The molecule has 1 aromatic carbocycles. The maximum atomic E-state index is 12.9. The lowest BCUT2D eigenvalue weighted by atomic mass is 9.93. The number of rotatable bonds is 5. The van der Waals surface area contributed by atoms with Gasteiger partial charge in [0, 0.05) is 24.3 Å². The molecule has 2 aliphatic heterocycles. The first-order chi connectivity index (χ1) is 13.4. The highest BCUT2D eigenvalue weighted by Crippen LogP contribution is 2.32. The van der Waals surface area contributed by atoms with Crippen LogP contribution in [0.4, 0.5) is 4.79 Å². The van der Waals surface area contributed by atoms with Gasteiger partial charge in [-0.2, -0.15) is 0 Å². The Kier molecular flexibility index (Phi) is 6.62. The summed E-state index contributed by atoms with van der Waals surface area (Å²) in [6.45, 7) is 6.80. The molecule has 1 atom stereocenters. The molecule has 0 bridgehead atoms. The van der Waals surface area contributed by atoms with E-state index in [0.29, 0.717) is 28.8 Å². The van der Waals surface area contributed by atoms with Gasteiger partial charge in [0.25, 0.3) is 0 Å². The van der Waals surface area contributed by atoms with Gasteiger partial charge in [0.1, 0.15) is 0 Å². The predicted octanol–water partition coefficient (Wildman–Crippen LogP) is 3.59. The summed E-state index contributed by atoms with van der Waals surface area (Å²) in [5.41, 5.74) is 2.00. The van der Waals surface area contributed by atoms with Crippen LogP contribution in [0.2, 0.25) is 5.02 Å². The van der Waals surface area contributed by atoms with Gasteiger partial charge in [-0.1, -0.05) is 30.7 Å². The van der Waals surface area contributed by atoms with E-state index >= 15 is 0 Å². The van der Waals surface area contributed by atoms with Crippen molar-refractivity contribution in [3.63, 3.8) is 0 Å². The molecule has 0 spiro atoms. The third kappa shape index (κ3) is 4.50. The molecule has 7 heteroatoms. The summed E-state index contributed by atoms with van der Waals surface area (Å²) < 4.78 is 5.36. The summed E-state index contributed by atoms with van der Waals surface area (Å²) in [6.07, 6.45) is 2.25. The summed E-state index contributed by atoms with van der Waals surface area (Å²) in [5, 5.41) is 3.54. The number of piperidine rings is 1. The lowest BCUT2D eigenvalue weighted by Gasteiger charge is -2.38. The van der Waals surface area contributed by atoms with Crippen molar-refractivity contribution in [3.05, 3.63) is 46.1 Å². The van der Waals surface area contributed by atoms with Crippen LogP contribution in [0.25, 0.3) is 0 Å². The summed E-state index contributed by atoms with van der Waals surface area (Å²) in [7, 11) is 1.70. The van der Waals surface area contributed by atoms with E-state index < -0.39 is 12.0 Å². The summed E-state index contributed by atoms with van der Waals surface area (Å²) in [4.78, 5) is 29.4. The zero-order valence-electron chi connectivity index (χ0n) is 16.7. The van der Waals surface area contributed by atoms with E-state index in [1.165, 1.54) is 4.90 Å². The van der Waals surface area contributed by atoms with Crippen LogP contribution < -0.4 is 5.32 Å². The highest BCUT2D eigenvalue weighted by Gasteiger charge is 2.37. The van der Waals surface area contributed by atoms with Gasteiger partial charge in [-0.15, -0.1) is 0 Å². The number of halogens is 1. The first kappa shape index (κ1) is 20.7. The lowest BCUT2D eigenvalue weighted by molar-refractivity contribution is -0.139. The van der Waals surface area contributed by atoms with Crippen molar-refractivity contribution in [1.29, 1.82) is 0 Å². The average Bonchev–Trinajstić information content (AvgIpc) is 2.67. The van der Waals surface area contributed by atoms with E-state index in [1.807, 2.05) is 12.1 Å². The van der Waals surface area contributed by atoms with Crippen LogP contribution in [-0.2, 0) is 9.53 Å². The standard InChI is InChI=1S/C21H28ClN3O3/c1-4-28-20(26)18-17(13-25-11-9-14(2)10-12-25)24(3)21(27)23-19(18)15-5-7-16(22)8-6-15/h5-8,14,19H,4,9-13H2,1-3H3,(H,23,27)/t19-/m0/s1. The Morgan fingerprint density at radius 1 is 1.25 bits per heavy atom. The third-order valence-electron chi connectivity index (χ3n) is 5.53. The van der Waals surface area contributed by atoms with Crippen molar-refractivity contribution in [1.82, 2.24) is 15.1 Å². The first-order valence-corrected chi connectivity index (χ1v) is 10.2. The molecule has 28 heavy (non-hydrogen) atoms. The van der Waals surface area contributed by atoms with E-state index in [0.717, 1.165) is 31.5 Å². The van der Waals surface area contributed by atoms with Crippen molar-refractivity contribution in [2.24, 2.45) is 5.92 Å². The first-order valence-electron chi connectivity index (χ1n) is 9.83. The number of hydrogen-bond acceptors (Lipinski definition) is 4. The molecule has 152 valence electrons. The van der Waals surface area contributed by atoms with Gasteiger partial charge in [-0.3, -0.25) is 9.80 Å². The van der Waals surface area contributed by atoms with Gasteiger partial charge >= 0.3 is 12.0 Å². The van der Waals surface area contributed by atoms with E-state index in [-0.39, 0.29) is 12.6 Å². The van der Waals surface area contributed by atoms with Crippen LogP contribution in [0.15, 0.2) is 35.5 Å². The van der Waals surface area contributed by atoms with Gasteiger partial charge in [0.2, 0.25) is 0 Å². The lowest BCUT2D eigenvalue weighted by Crippen LogP contribution is -2.50. The van der Waals surface area contributed by atoms with E-state index in [1.54, 1.807) is 26.1 Å². The average molecular weight is 406 g/mol. The zero-order valence-corrected chi connectivity index (χ0v) is 17.5. The van der Waals surface area contributed by atoms with Crippen LogP contribution >= 0.6 is 11.6 Å². The van der Waals surface area contributed by atoms with Gasteiger partial charge < -0.3 is 10.1 Å². The molecule has 1 N–H and O–H groups in total. The second kappa shape index (κ2) is 8.97. The van der Waals surface area contributed by atoms with Crippen LogP contribution in [0.5, 0.6) is 0 Å². The number of ether oxygens (including phenoxy) is 1. The highest BCUT2D eigenvalue weighted by molar-refractivity contribution is 6.30. The number of benzene rings is 1. The summed E-state index contributed by atoms with van der Waals surface area (Å²) in [6, 6.07) is 6.40. The van der Waals surface area contributed by atoms with Crippen LogP contribution in [0.1, 0.15) is 38.3 Å². The minimum absolute atomic E-state index is 0.228. The number of hydrogen-bond donors (Lipinski definition) is 1. The van der Waals surface area contributed by atoms with E-state index in [9.17, 15) is 9.59 Å². The number of esters is 1. The molecule has 6 nitrogen and oxygen atoms in total. The monoisotopic (exact) mass is 405 g/mol. The number of nitrogens with zero attached hydrogens (tertiary/aromatic N) is 2. The number of amides is 2. The topological polar surface area (TPSA) is 61.9 Å². The molecular formula is C21H28ClN3O3. The number of likely N-dealkylation sites (tertiary alicyclic amines) is 1. The van der Waals surface area contributed by atoms with Crippen molar-refractivity contribution in [2.75, 3.05) is 33.3 Å². The van der Waals surface area contributed by atoms with Crippen LogP contribution in [0, 0.1) is 5.92 Å². The smallest absolute Gasteiger partial charge is 0.338 e. The number of likely N-dealkylation sites (N-methyl/N-ethyl adjacent to an activating group) is 1. The Bertz CT molecular complexity index is 755. The molecular weight excluding hydrogens is 378 g/mol. The molecule has 1 fully saturated rings. The Hall–Kier alpha value is -2.05. The molecule has 0 radical (unpaired) electrons. The Morgan fingerprint density at radius 2 is 1.89 bits per heavy atom. The Morgan fingerprint density at radius 3 is 2.50 bits per heavy atom. The maximum Gasteiger partial charge on any atom is 0.338 e. The van der Waals surface area contributed by atoms with Crippen LogP contribution in [0.3, 0.4) is 0 Å². The maximum absolute atomic E-state index is 12.9. The van der Waals surface area contributed by atoms with Crippen molar-refractivity contribution in [2.45, 2.75) is 32.7 Å². The number of carbonyl (C=O) groups is 2. The molecule has 0 aromatic heterocycles. The molecule has 0 aliphatic carbocycles.